The second kappa shape index (κ2) is 6.71. The molecular weight excluding hydrogens is 354 g/mol. The molecule has 1 aliphatic rings. The molecule has 0 fully saturated rings. The molecule has 2 heterocycles. The molecule has 0 aliphatic heterocycles. The average molecular weight is 368 g/mol. The molecule has 136 valence electrons. The fourth-order valence-corrected chi connectivity index (χ4v) is 3.12. The van der Waals surface area contributed by atoms with Crippen molar-refractivity contribution in [2.75, 3.05) is 7.11 Å². The highest BCUT2D eigenvalue weighted by molar-refractivity contribution is 5.85. The highest BCUT2D eigenvalue weighted by atomic mass is 19.1. The Kier molecular flexibility index (Phi) is 4.23. The van der Waals surface area contributed by atoms with Crippen molar-refractivity contribution in [2.45, 2.75) is 12.8 Å². The number of allylic oxidation sites excluding steroid dienone is 1. The van der Waals surface area contributed by atoms with Crippen LogP contribution in [0.4, 0.5) is 8.78 Å². The zero-order valence-corrected chi connectivity index (χ0v) is 14.3. The van der Waals surface area contributed by atoms with Crippen molar-refractivity contribution in [1.82, 2.24) is 19.7 Å². The number of halogens is 2. The summed E-state index contributed by atoms with van der Waals surface area (Å²) in [5.74, 6) is -1.30. The molecule has 0 N–H and O–H groups in total. The molecule has 8 heteroatoms. The second-order valence-corrected chi connectivity index (χ2v) is 5.95. The van der Waals surface area contributed by atoms with Gasteiger partial charge in [0.25, 0.3) is 11.5 Å². The van der Waals surface area contributed by atoms with Crippen LogP contribution in [0.1, 0.15) is 23.1 Å². The molecule has 4 rings (SSSR count). The Labute approximate surface area is 152 Å². The van der Waals surface area contributed by atoms with Gasteiger partial charge in [-0.05, 0) is 42.7 Å². The van der Waals surface area contributed by atoms with Crippen LogP contribution in [-0.2, 0) is 6.42 Å². The summed E-state index contributed by atoms with van der Waals surface area (Å²) in [6.45, 7) is 0. The smallest absolute Gasteiger partial charge is 0.278 e. The van der Waals surface area contributed by atoms with Crippen LogP contribution in [0.25, 0.3) is 17.6 Å². The summed E-state index contributed by atoms with van der Waals surface area (Å²) < 4.78 is 34.9. The van der Waals surface area contributed by atoms with E-state index in [4.69, 9.17) is 4.74 Å². The van der Waals surface area contributed by atoms with Gasteiger partial charge in [0.2, 0.25) is 0 Å². The fourth-order valence-electron chi connectivity index (χ4n) is 3.12. The van der Waals surface area contributed by atoms with E-state index in [1.54, 1.807) is 12.1 Å². The van der Waals surface area contributed by atoms with Crippen molar-refractivity contribution >= 4 is 11.6 Å². The van der Waals surface area contributed by atoms with Gasteiger partial charge >= 0.3 is 0 Å². The lowest BCUT2D eigenvalue weighted by Gasteiger charge is -2.18. The first-order valence-electron chi connectivity index (χ1n) is 8.21. The molecule has 0 spiro atoms. The predicted octanol–water partition coefficient (Wildman–Crippen LogP) is 2.80. The highest BCUT2D eigenvalue weighted by Gasteiger charge is 2.23. The summed E-state index contributed by atoms with van der Waals surface area (Å²) in [7, 11) is 1.32. The largest absolute Gasteiger partial charge is 0.494 e. The van der Waals surface area contributed by atoms with Gasteiger partial charge in [-0.2, -0.15) is 9.78 Å². The molecule has 27 heavy (non-hydrogen) atoms. The van der Waals surface area contributed by atoms with Crippen LogP contribution in [0.15, 0.2) is 41.6 Å². The number of aromatic nitrogens is 4. The average Bonchev–Trinajstić information content (AvgIpc) is 2.69. The van der Waals surface area contributed by atoms with E-state index in [-0.39, 0.29) is 22.8 Å². The molecule has 2 aromatic heterocycles. The lowest BCUT2D eigenvalue weighted by molar-refractivity contribution is 0.383. The SMILES string of the molecule is COc1ccc(F)c(C2=Cc3cnn(-c4ncccn4)c(=O)c3CC2)c1F. The van der Waals surface area contributed by atoms with Gasteiger partial charge in [0, 0.05) is 23.5 Å². The first-order chi connectivity index (χ1) is 13.1. The first-order valence-corrected chi connectivity index (χ1v) is 8.21. The van der Waals surface area contributed by atoms with E-state index in [9.17, 15) is 13.6 Å². The first kappa shape index (κ1) is 17.0. The van der Waals surface area contributed by atoms with Gasteiger partial charge in [0.05, 0.1) is 18.9 Å². The van der Waals surface area contributed by atoms with E-state index < -0.39 is 11.6 Å². The Balaban J connectivity index is 1.82. The maximum Gasteiger partial charge on any atom is 0.278 e. The highest BCUT2D eigenvalue weighted by Crippen LogP contribution is 2.34. The molecule has 1 aliphatic carbocycles. The minimum absolute atomic E-state index is 0.0344. The van der Waals surface area contributed by atoms with E-state index in [1.807, 2.05) is 0 Å². The van der Waals surface area contributed by atoms with Gasteiger partial charge < -0.3 is 4.74 Å². The van der Waals surface area contributed by atoms with Crippen LogP contribution >= 0.6 is 0 Å². The minimum Gasteiger partial charge on any atom is -0.494 e. The van der Waals surface area contributed by atoms with Crippen molar-refractivity contribution in [3.05, 3.63) is 75.5 Å². The van der Waals surface area contributed by atoms with E-state index in [0.29, 0.717) is 29.5 Å². The third-order valence-corrected chi connectivity index (χ3v) is 4.42. The molecule has 0 bridgehead atoms. The van der Waals surface area contributed by atoms with Gasteiger partial charge in [-0.15, -0.1) is 0 Å². The summed E-state index contributed by atoms with van der Waals surface area (Å²) in [5, 5.41) is 4.09. The normalized spacial score (nSPS) is 13.1. The van der Waals surface area contributed by atoms with Crippen LogP contribution < -0.4 is 10.3 Å². The molecule has 3 aromatic rings. The van der Waals surface area contributed by atoms with Crippen LogP contribution in [0, 0.1) is 11.6 Å². The van der Waals surface area contributed by atoms with Crippen molar-refractivity contribution < 1.29 is 13.5 Å². The quantitative estimate of drug-likeness (QED) is 0.711. The van der Waals surface area contributed by atoms with Gasteiger partial charge in [-0.1, -0.05) is 0 Å². The maximum atomic E-state index is 14.6. The van der Waals surface area contributed by atoms with E-state index in [2.05, 4.69) is 15.1 Å². The molecular formula is C19H14F2N4O2. The van der Waals surface area contributed by atoms with E-state index >= 15 is 0 Å². The van der Waals surface area contributed by atoms with Crippen molar-refractivity contribution in [3.63, 3.8) is 0 Å². The lowest BCUT2D eigenvalue weighted by atomic mass is 9.89. The van der Waals surface area contributed by atoms with Crippen molar-refractivity contribution in [2.24, 2.45) is 0 Å². The third kappa shape index (κ3) is 2.88. The zero-order chi connectivity index (χ0) is 19.0. The Bertz CT molecular complexity index is 1110. The molecule has 0 saturated carbocycles. The summed E-state index contributed by atoms with van der Waals surface area (Å²) >= 11 is 0. The van der Waals surface area contributed by atoms with Crippen molar-refractivity contribution in [3.8, 4) is 11.7 Å². The second-order valence-electron chi connectivity index (χ2n) is 5.95. The predicted molar refractivity (Wildman–Crippen MR) is 94.5 cm³/mol. The van der Waals surface area contributed by atoms with Crippen LogP contribution in [-0.4, -0.2) is 26.9 Å². The summed E-state index contributed by atoms with van der Waals surface area (Å²) in [4.78, 5) is 20.8. The topological polar surface area (TPSA) is 69.9 Å². The van der Waals surface area contributed by atoms with Crippen LogP contribution in [0.5, 0.6) is 5.75 Å². The lowest BCUT2D eigenvalue weighted by Crippen LogP contribution is -2.28. The molecule has 0 amide bonds. The Morgan fingerprint density at radius 1 is 1.15 bits per heavy atom. The summed E-state index contributed by atoms with van der Waals surface area (Å²) in [6, 6.07) is 4.04. The number of hydrogen-bond acceptors (Lipinski definition) is 5. The third-order valence-electron chi connectivity index (χ3n) is 4.42. The number of hydrogen-bond donors (Lipinski definition) is 0. The summed E-state index contributed by atoms with van der Waals surface area (Å²) in [6.07, 6.45) is 6.73. The molecule has 0 unspecified atom stereocenters. The number of methoxy groups -OCH3 is 1. The standard InChI is InChI=1S/C19H14F2N4O2/c1-27-15-6-5-14(20)16(17(15)21)11-3-4-13-12(9-11)10-24-25(18(13)26)19-22-7-2-8-23-19/h2,5-10H,3-4H2,1H3. The van der Waals surface area contributed by atoms with Crippen LogP contribution in [0.2, 0.25) is 0 Å². The molecule has 0 radical (unpaired) electrons. The van der Waals surface area contributed by atoms with Gasteiger partial charge in [0.1, 0.15) is 5.82 Å². The maximum absolute atomic E-state index is 14.6. The Morgan fingerprint density at radius 2 is 1.93 bits per heavy atom. The van der Waals surface area contributed by atoms with Gasteiger partial charge in [-0.25, -0.2) is 18.7 Å². The number of ether oxygens (including phenoxy) is 1. The molecule has 6 nitrogen and oxygen atoms in total. The van der Waals surface area contributed by atoms with Gasteiger partial charge in [0.15, 0.2) is 11.6 Å². The Morgan fingerprint density at radius 3 is 2.67 bits per heavy atom. The zero-order valence-electron chi connectivity index (χ0n) is 14.3. The Hall–Kier alpha value is -3.42. The molecule has 1 aromatic carbocycles. The monoisotopic (exact) mass is 368 g/mol. The minimum atomic E-state index is -0.758. The van der Waals surface area contributed by atoms with Crippen molar-refractivity contribution in [1.29, 1.82) is 0 Å². The number of nitrogens with zero attached hydrogens (tertiary/aromatic N) is 4. The number of fused-ring (bicyclic) bond motifs is 1. The number of benzene rings is 1. The van der Waals surface area contributed by atoms with E-state index in [1.165, 1.54) is 31.8 Å². The van der Waals surface area contributed by atoms with Crippen LogP contribution in [0.3, 0.4) is 0 Å². The summed E-state index contributed by atoms with van der Waals surface area (Å²) in [5.41, 5.74) is 0.988. The molecule has 0 saturated heterocycles. The van der Waals surface area contributed by atoms with Gasteiger partial charge in [-0.3, -0.25) is 4.79 Å². The molecule has 0 atom stereocenters. The fraction of sp³-hybridized carbons (Fsp3) is 0.158. The number of rotatable bonds is 3. The van der Waals surface area contributed by atoms with E-state index in [0.717, 1.165) is 10.7 Å².